The highest BCUT2D eigenvalue weighted by Gasteiger charge is 2.35. The summed E-state index contributed by atoms with van der Waals surface area (Å²) in [7, 11) is 6.54. The molecule has 1 aliphatic rings. The van der Waals surface area contributed by atoms with Crippen LogP contribution in [0.1, 0.15) is 23.6 Å². The molecule has 0 amide bonds. The zero-order valence-corrected chi connectivity index (χ0v) is 24.4. The van der Waals surface area contributed by atoms with Crippen LogP contribution in [-0.2, 0) is 0 Å². The van der Waals surface area contributed by atoms with E-state index in [1.165, 1.54) is 0 Å². The number of benzene rings is 4. The van der Waals surface area contributed by atoms with Crippen LogP contribution in [0.2, 0.25) is 5.02 Å². The second-order valence-electron chi connectivity index (χ2n) is 9.69. The highest BCUT2D eigenvalue weighted by molar-refractivity contribution is 6.31. The van der Waals surface area contributed by atoms with Crippen molar-refractivity contribution >= 4 is 34.2 Å². The molecular weight excluding hydrogens is 552 g/mol. The van der Waals surface area contributed by atoms with Crippen LogP contribution < -0.4 is 24.0 Å². The van der Waals surface area contributed by atoms with Gasteiger partial charge in [-0.05, 0) is 54.6 Å². The molecule has 2 heterocycles. The Hall–Kier alpha value is -4.82. The summed E-state index contributed by atoms with van der Waals surface area (Å²) in [6, 6.07) is 26.9. The number of hydrogen-bond donors (Lipinski definition) is 0. The molecule has 0 spiro atoms. The number of fused-ring (bicyclic) bond motifs is 1. The number of anilines is 1. The molecule has 0 N–H and O–H groups in total. The zero-order chi connectivity index (χ0) is 29.2. The van der Waals surface area contributed by atoms with Crippen molar-refractivity contribution < 1.29 is 18.9 Å². The first-order valence-corrected chi connectivity index (χ1v) is 13.7. The summed E-state index contributed by atoms with van der Waals surface area (Å²) in [5.41, 5.74) is 5.12. The third kappa shape index (κ3) is 5.05. The van der Waals surface area contributed by atoms with E-state index >= 15 is 0 Å². The Morgan fingerprint density at radius 1 is 0.714 bits per heavy atom. The summed E-state index contributed by atoms with van der Waals surface area (Å²) in [6.45, 7) is 0. The van der Waals surface area contributed by atoms with Crippen LogP contribution >= 0.6 is 11.6 Å². The van der Waals surface area contributed by atoms with Gasteiger partial charge in [-0.3, -0.25) is 0 Å². The molecule has 8 nitrogen and oxygen atoms in total. The zero-order valence-electron chi connectivity index (χ0n) is 23.7. The molecule has 0 bridgehead atoms. The van der Waals surface area contributed by atoms with Crippen LogP contribution in [0.5, 0.6) is 23.0 Å². The summed E-state index contributed by atoms with van der Waals surface area (Å²) >= 11 is 6.41. The van der Waals surface area contributed by atoms with E-state index in [9.17, 15) is 0 Å². The third-order valence-electron chi connectivity index (χ3n) is 7.32. The van der Waals surface area contributed by atoms with Gasteiger partial charge in [0.2, 0.25) is 5.95 Å². The van der Waals surface area contributed by atoms with E-state index in [1.807, 2.05) is 89.9 Å². The van der Waals surface area contributed by atoms with Gasteiger partial charge in [0.05, 0.1) is 51.4 Å². The van der Waals surface area contributed by atoms with Crippen molar-refractivity contribution in [3.8, 4) is 34.3 Å². The van der Waals surface area contributed by atoms with E-state index in [1.54, 1.807) is 28.4 Å². The Bertz CT molecular complexity index is 1790. The fraction of sp³-hybridized carbons (Fsp3) is 0.182. The molecular formula is C33H29ClN4O4. The van der Waals surface area contributed by atoms with Crippen LogP contribution in [0, 0.1) is 0 Å². The second kappa shape index (κ2) is 11.6. The minimum Gasteiger partial charge on any atom is -0.497 e. The Morgan fingerprint density at radius 2 is 1.48 bits per heavy atom. The van der Waals surface area contributed by atoms with Gasteiger partial charge in [0.15, 0.2) is 11.5 Å². The second-order valence-corrected chi connectivity index (χ2v) is 10.1. The number of halogens is 1. The van der Waals surface area contributed by atoms with E-state index in [0.29, 0.717) is 40.4 Å². The highest BCUT2D eigenvalue weighted by Crippen LogP contribution is 2.42. The first-order valence-electron chi connectivity index (χ1n) is 13.4. The summed E-state index contributed by atoms with van der Waals surface area (Å²) in [4.78, 5) is 10.1. The van der Waals surface area contributed by atoms with Gasteiger partial charge in [-0.2, -0.15) is 5.10 Å². The third-order valence-corrected chi connectivity index (χ3v) is 7.56. The smallest absolute Gasteiger partial charge is 0.247 e. The van der Waals surface area contributed by atoms with Crippen LogP contribution in [0.15, 0.2) is 90.0 Å². The maximum atomic E-state index is 6.41. The average molecular weight is 581 g/mol. The van der Waals surface area contributed by atoms with Crippen molar-refractivity contribution in [3.63, 3.8) is 0 Å². The van der Waals surface area contributed by atoms with Gasteiger partial charge >= 0.3 is 0 Å². The van der Waals surface area contributed by atoms with Crippen molar-refractivity contribution in [2.24, 2.45) is 5.10 Å². The first kappa shape index (κ1) is 27.4. The van der Waals surface area contributed by atoms with Gasteiger partial charge < -0.3 is 18.9 Å². The average Bonchev–Trinajstić information content (AvgIpc) is 3.49. The lowest BCUT2D eigenvalue weighted by Crippen LogP contribution is -2.22. The van der Waals surface area contributed by atoms with Gasteiger partial charge in [0, 0.05) is 33.5 Å². The molecule has 1 aromatic heterocycles. The molecule has 0 aliphatic carbocycles. The lowest BCUT2D eigenvalue weighted by Gasteiger charge is -2.25. The first-order chi connectivity index (χ1) is 20.5. The van der Waals surface area contributed by atoms with Crippen molar-refractivity contribution in [2.75, 3.05) is 33.4 Å². The number of ether oxygens (including phenoxy) is 4. The normalized spacial score (nSPS) is 14.5. The molecule has 0 unspecified atom stereocenters. The summed E-state index contributed by atoms with van der Waals surface area (Å²) in [5, 5.41) is 8.45. The van der Waals surface area contributed by atoms with Crippen molar-refractivity contribution in [2.45, 2.75) is 12.5 Å². The predicted molar refractivity (Wildman–Crippen MR) is 165 cm³/mol. The minimum atomic E-state index is -0.286. The fourth-order valence-corrected chi connectivity index (χ4v) is 5.41. The number of nitrogens with zero attached hydrogens (tertiary/aromatic N) is 4. The Morgan fingerprint density at radius 3 is 2.21 bits per heavy atom. The molecule has 212 valence electrons. The monoisotopic (exact) mass is 580 g/mol. The number of aromatic nitrogens is 2. The number of hydrogen-bond acceptors (Lipinski definition) is 8. The van der Waals surface area contributed by atoms with E-state index in [-0.39, 0.29) is 6.04 Å². The van der Waals surface area contributed by atoms with Gasteiger partial charge in [-0.1, -0.05) is 41.9 Å². The summed E-state index contributed by atoms with van der Waals surface area (Å²) in [5.74, 6) is 3.15. The van der Waals surface area contributed by atoms with E-state index in [2.05, 4.69) is 0 Å². The van der Waals surface area contributed by atoms with Crippen molar-refractivity contribution in [1.29, 1.82) is 0 Å². The maximum Gasteiger partial charge on any atom is 0.247 e. The topological polar surface area (TPSA) is 78.3 Å². The maximum absolute atomic E-state index is 6.41. The highest BCUT2D eigenvalue weighted by atomic mass is 35.5. The van der Waals surface area contributed by atoms with Crippen molar-refractivity contribution in [1.82, 2.24) is 9.97 Å². The standard InChI is InChI=1S/C33H29ClN4O4/c1-39-23-12-15-29(40-2)25(18-23)28-19-27(21-10-14-30(41-3)31(16-21)42-4)37-38(28)33-35-26-13-11-22(34)17-24(26)32(36-33)20-8-6-5-7-9-20/h5-18,28H,19H2,1-4H3/t28-/m1/s1. The molecule has 4 aromatic carbocycles. The van der Waals surface area contributed by atoms with Gasteiger partial charge in [0.25, 0.3) is 0 Å². The molecule has 1 aliphatic heterocycles. The van der Waals surface area contributed by atoms with E-state index < -0.39 is 0 Å². The van der Waals surface area contributed by atoms with Crippen LogP contribution in [0.4, 0.5) is 5.95 Å². The number of hydrazone groups is 1. The molecule has 0 saturated heterocycles. The Balaban J connectivity index is 1.56. The summed E-state index contributed by atoms with van der Waals surface area (Å²) < 4.78 is 22.4. The predicted octanol–water partition coefficient (Wildman–Crippen LogP) is 7.34. The van der Waals surface area contributed by atoms with Crippen LogP contribution in [0.25, 0.3) is 22.2 Å². The lowest BCUT2D eigenvalue weighted by molar-refractivity contribution is 0.355. The van der Waals surface area contributed by atoms with Gasteiger partial charge in [-0.25, -0.2) is 15.0 Å². The summed E-state index contributed by atoms with van der Waals surface area (Å²) in [6.07, 6.45) is 0.557. The lowest BCUT2D eigenvalue weighted by atomic mass is 9.97. The molecule has 6 rings (SSSR count). The van der Waals surface area contributed by atoms with Gasteiger partial charge in [0.1, 0.15) is 11.5 Å². The SMILES string of the molecule is COc1ccc(OC)c([C@H]2CC(c3ccc(OC)c(OC)c3)=NN2c2nc(-c3ccccc3)c3cc(Cl)ccc3n2)c1. The largest absolute Gasteiger partial charge is 0.497 e. The Kier molecular flexibility index (Phi) is 7.54. The molecule has 42 heavy (non-hydrogen) atoms. The van der Waals surface area contributed by atoms with Crippen LogP contribution in [-0.4, -0.2) is 44.1 Å². The quantitative estimate of drug-likeness (QED) is 0.190. The number of rotatable bonds is 8. The fourth-order valence-electron chi connectivity index (χ4n) is 5.23. The van der Waals surface area contributed by atoms with Gasteiger partial charge in [-0.15, -0.1) is 0 Å². The van der Waals surface area contributed by atoms with Crippen LogP contribution in [0.3, 0.4) is 0 Å². The molecule has 9 heteroatoms. The number of methoxy groups -OCH3 is 4. The van der Waals surface area contributed by atoms with E-state index in [4.69, 9.17) is 45.6 Å². The molecule has 0 fully saturated rings. The molecule has 0 saturated carbocycles. The molecule has 0 radical (unpaired) electrons. The van der Waals surface area contributed by atoms with E-state index in [0.717, 1.165) is 39.0 Å². The molecule has 1 atom stereocenters. The minimum absolute atomic E-state index is 0.286. The molecule has 5 aromatic rings. The Labute approximate surface area is 249 Å². The van der Waals surface area contributed by atoms with Crippen molar-refractivity contribution in [3.05, 3.63) is 101 Å².